The number of benzene rings is 1. The van der Waals surface area contributed by atoms with Gasteiger partial charge >= 0.3 is 0 Å². The first kappa shape index (κ1) is 16.0. The molecular weight excluding hydrogens is 356 g/mol. The van der Waals surface area contributed by atoms with Gasteiger partial charge in [0.05, 0.1) is 0 Å². The Labute approximate surface area is 128 Å². The summed E-state index contributed by atoms with van der Waals surface area (Å²) >= 11 is 7.11. The van der Waals surface area contributed by atoms with E-state index in [1.807, 2.05) is 0 Å². The summed E-state index contributed by atoms with van der Waals surface area (Å²) in [7, 11) is 4.25. The smallest absolute Gasteiger partial charge is 0.0408 e. The van der Waals surface area contributed by atoms with Crippen LogP contribution in [0, 0.1) is 0 Å². The van der Waals surface area contributed by atoms with Crippen molar-refractivity contribution < 1.29 is 0 Å². The van der Waals surface area contributed by atoms with Gasteiger partial charge in [0.15, 0.2) is 0 Å². The minimum Gasteiger partial charge on any atom is -0.372 e. The second-order valence-corrected chi connectivity index (χ2v) is 6.12. The molecular formula is C14H22Br2N2. The van der Waals surface area contributed by atoms with Crippen LogP contribution in [0.5, 0.6) is 0 Å². The van der Waals surface area contributed by atoms with Crippen LogP contribution in [-0.2, 0) is 5.33 Å². The SMILES string of the molecule is CCN(CCCN(C)C)c1ccc(Br)cc1CBr. The Balaban J connectivity index is 2.75. The lowest BCUT2D eigenvalue weighted by atomic mass is 10.1. The third kappa shape index (κ3) is 4.90. The minimum absolute atomic E-state index is 0.895. The molecule has 1 aromatic rings. The van der Waals surface area contributed by atoms with E-state index in [2.05, 4.69) is 80.9 Å². The average molecular weight is 378 g/mol. The molecule has 0 aliphatic rings. The van der Waals surface area contributed by atoms with E-state index in [-0.39, 0.29) is 0 Å². The maximum absolute atomic E-state index is 3.58. The second-order valence-electron chi connectivity index (χ2n) is 4.64. The van der Waals surface area contributed by atoms with Crippen molar-refractivity contribution in [2.75, 3.05) is 38.6 Å². The van der Waals surface area contributed by atoms with E-state index in [1.165, 1.54) is 17.7 Å². The van der Waals surface area contributed by atoms with Gasteiger partial charge < -0.3 is 9.80 Å². The van der Waals surface area contributed by atoms with Gasteiger partial charge in [-0.3, -0.25) is 0 Å². The summed E-state index contributed by atoms with van der Waals surface area (Å²) in [5, 5.41) is 0.895. The summed E-state index contributed by atoms with van der Waals surface area (Å²) in [5.74, 6) is 0. The highest BCUT2D eigenvalue weighted by atomic mass is 79.9. The molecule has 0 radical (unpaired) electrons. The fourth-order valence-electron chi connectivity index (χ4n) is 2.00. The average Bonchev–Trinajstić information content (AvgIpc) is 2.34. The largest absolute Gasteiger partial charge is 0.372 e. The van der Waals surface area contributed by atoms with Crippen molar-refractivity contribution in [3.63, 3.8) is 0 Å². The molecule has 0 unspecified atom stereocenters. The summed E-state index contributed by atoms with van der Waals surface area (Å²) in [6.45, 7) is 5.51. The molecule has 0 aromatic heterocycles. The molecule has 0 aliphatic carbocycles. The van der Waals surface area contributed by atoms with E-state index in [9.17, 15) is 0 Å². The monoisotopic (exact) mass is 376 g/mol. The van der Waals surface area contributed by atoms with Gasteiger partial charge in [-0.15, -0.1) is 0 Å². The maximum atomic E-state index is 3.58. The standard InChI is InChI=1S/C14H22Br2N2/c1-4-18(9-5-8-17(2)3)14-7-6-13(16)10-12(14)11-15/h6-7,10H,4-5,8-9,11H2,1-3H3. The first-order chi connectivity index (χ1) is 8.58. The van der Waals surface area contributed by atoms with E-state index in [4.69, 9.17) is 0 Å². The highest BCUT2D eigenvalue weighted by Crippen LogP contribution is 2.26. The van der Waals surface area contributed by atoms with Gasteiger partial charge in [-0.1, -0.05) is 31.9 Å². The lowest BCUT2D eigenvalue weighted by molar-refractivity contribution is 0.400. The number of rotatable bonds is 7. The van der Waals surface area contributed by atoms with Crippen LogP contribution in [0.1, 0.15) is 18.9 Å². The summed E-state index contributed by atoms with van der Waals surface area (Å²) in [6, 6.07) is 6.52. The zero-order valence-electron chi connectivity index (χ0n) is 11.4. The highest BCUT2D eigenvalue weighted by Gasteiger charge is 2.09. The van der Waals surface area contributed by atoms with Crippen LogP contribution in [-0.4, -0.2) is 38.6 Å². The molecule has 4 heteroatoms. The van der Waals surface area contributed by atoms with Crippen molar-refractivity contribution in [3.05, 3.63) is 28.2 Å². The molecule has 0 amide bonds. The Morgan fingerprint density at radius 1 is 1.17 bits per heavy atom. The topological polar surface area (TPSA) is 6.48 Å². The van der Waals surface area contributed by atoms with Gasteiger partial charge in [-0.2, -0.15) is 0 Å². The van der Waals surface area contributed by atoms with Crippen LogP contribution in [0.15, 0.2) is 22.7 Å². The van der Waals surface area contributed by atoms with E-state index in [1.54, 1.807) is 0 Å². The summed E-state index contributed by atoms with van der Waals surface area (Å²) < 4.78 is 1.14. The highest BCUT2D eigenvalue weighted by molar-refractivity contribution is 9.10. The molecule has 1 rings (SSSR count). The first-order valence-electron chi connectivity index (χ1n) is 6.32. The lowest BCUT2D eigenvalue weighted by Gasteiger charge is -2.26. The van der Waals surface area contributed by atoms with Crippen molar-refractivity contribution in [2.24, 2.45) is 0 Å². The molecule has 0 atom stereocenters. The minimum atomic E-state index is 0.895. The van der Waals surface area contributed by atoms with Crippen molar-refractivity contribution in [1.29, 1.82) is 0 Å². The quantitative estimate of drug-likeness (QED) is 0.659. The van der Waals surface area contributed by atoms with Gasteiger partial charge in [-0.25, -0.2) is 0 Å². The zero-order chi connectivity index (χ0) is 13.5. The molecule has 2 nitrogen and oxygen atoms in total. The number of nitrogens with zero attached hydrogens (tertiary/aromatic N) is 2. The van der Waals surface area contributed by atoms with E-state index in [0.717, 1.165) is 29.4 Å². The zero-order valence-corrected chi connectivity index (χ0v) is 14.6. The second kappa shape index (κ2) is 8.18. The van der Waals surface area contributed by atoms with Crippen LogP contribution in [0.4, 0.5) is 5.69 Å². The molecule has 0 spiro atoms. The van der Waals surface area contributed by atoms with E-state index >= 15 is 0 Å². The van der Waals surface area contributed by atoms with Crippen molar-refractivity contribution >= 4 is 37.5 Å². The molecule has 0 N–H and O–H groups in total. The third-order valence-corrected chi connectivity index (χ3v) is 4.04. The van der Waals surface area contributed by atoms with Crippen molar-refractivity contribution in [3.8, 4) is 0 Å². The van der Waals surface area contributed by atoms with Gasteiger partial charge in [0.2, 0.25) is 0 Å². The van der Waals surface area contributed by atoms with E-state index < -0.39 is 0 Å². The third-order valence-electron chi connectivity index (χ3n) is 2.94. The molecule has 1 aromatic carbocycles. The summed E-state index contributed by atoms with van der Waals surface area (Å²) in [4.78, 5) is 4.69. The van der Waals surface area contributed by atoms with Gasteiger partial charge in [0.1, 0.15) is 0 Å². The van der Waals surface area contributed by atoms with E-state index in [0.29, 0.717) is 0 Å². The number of anilines is 1. The molecule has 0 saturated carbocycles. The predicted octanol–water partition coefficient (Wildman–Crippen LogP) is 4.12. The summed E-state index contributed by atoms with van der Waals surface area (Å²) in [5.41, 5.74) is 2.69. The first-order valence-corrected chi connectivity index (χ1v) is 8.24. The normalized spacial score (nSPS) is 11.0. The Kier molecular flexibility index (Phi) is 7.27. The Morgan fingerprint density at radius 3 is 2.44 bits per heavy atom. The molecule has 18 heavy (non-hydrogen) atoms. The fraction of sp³-hybridized carbons (Fsp3) is 0.571. The van der Waals surface area contributed by atoms with Crippen LogP contribution in [0.3, 0.4) is 0 Å². The van der Waals surface area contributed by atoms with Crippen LogP contribution >= 0.6 is 31.9 Å². The predicted molar refractivity (Wildman–Crippen MR) is 87.8 cm³/mol. The van der Waals surface area contributed by atoms with Crippen LogP contribution in [0.25, 0.3) is 0 Å². The van der Waals surface area contributed by atoms with Crippen LogP contribution < -0.4 is 4.90 Å². The molecule has 0 bridgehead atoms. The number of hydrogen-bond acceptors (Lipinski definition) is 2. The number of alkyl halides is 1. The molecule has 102 valence electrons. The number of hydrogen-bond donors (Lipinski definition) is 0. The Hall–Kier alpha value is -0.0600. The molecule has 0 fully saturated rings. The van der Waals surface area contributed by atoms with Gasteiger partial charge in [-0.05, 0) is 57.7 Å². The Bertz CT molecular complexity index is 367. The molecule has 0 aliphatic heterocycles. The van der Waals surface area contributed by atoms with Gasteiger partial charge in [0.25, 0.3) is 0 Å². The van der Waals surface area contributed by atoms with Crippen LogP contribution in [0.2, 0.25) is 0 Å². The fourth-order valence-corrected chi connectivity index (χ4v) is 2.85. The lowest BCUT2D eigenvalue weighted by Crippen LogP contribution is -2.27. The van der Waals surface area contributed by atoms with Gasteiger partial charge in [0, 0.05) is 28.6 Å². The maximum Gasteiger partial charge on any atom is 0.0408 e. The molecule has 0 saturated heterocycles. The van der Waals surface area contributed by atoms with Crippen molar-refractivity contribution in [2.45, 2.75) is 18.7 Å². The summed E-state index contributed by atoms with van der Waals surface area (Å²) in [6.07, 6.45) is 1.19. The van der Waals surface area contributed by atoms with Crippen molar-refractivity contribution in [1.82, 2.24) is 4.90 Å². The Morgan fingerprint density at radius 2 is 1.89 bits per heavy atom. The molecule has 0 heterocycles. The number of halogens is 2.